The van der Waals surface area contributed by atoms with E-state index in [1.54, 1.807) is 32.3 Å². The molecule has 9 rings (SSSR count). The number of aryl methyl sites for hydroxylation is 1. The van der Waals surface area contributed by atoms with E-state index in [-0.39, 0.29) is 53.7 Å². The summed E-state index contributed by atoms with van der Waals surface area (Å²) in [6, 6.07) is 21.4. The first-order chi connectivity index (χ1) is 37.2. The number of aliphatic hydroxyl groups is 2. The average molecular weight is 1090 g/mol. The highest BCUT2D eigenvalue weighted by atomic mass is 35.5. The van der Waals surface area contributed by atoms with Crippen molar-refractivity contribution in [2.75, 3.05) is 45.9 Å². The molecular formula is C56H66Cl2N12O7. The number of aliphatic hydroxyl groups excluding tert-OH is 1. The van der Waals surface area contributed by atoms with Crippen LogP contribution in [0.4, 0.5) is 0 Å². The largest absolute Gasteiger partial charge is 0.388 e. The van der Waals surface area contributed by atoms with Gasteiger partial charge in [-0.25, -0.2) is 4.98 Å². The van der Waals surface area contributed by atoms with Crippen molar-refractivity contribution < 1.29 is 29.4 Å². The lowest BCUT2D eigenvalue weighted by atomic mass is 9.90. The van der Waals surface area contributed by atoms with Gasteiger partial charge in [0.05, 0.1) is 58.5 Å². The number of hydrogen-bond donors (Lipinski definition) is 6. The number of hydrogen-bond acceptors (Lipinski definition) is 11. The van der Waals surface area contributed by atoms with Gasteiger partial charge in [0.15, 0.2) is 5.52 Å². The second-order valence-electron chi connectivity index (χ2n) is 20.4. The SMILES string of the molecule is C[C@H](CC(=O)N1CCC(O)(Cn2cnc3c(-c4ccc(CNCC(=O)NCCCCCCC(=O)NCCn5ccc(-c6cc(Cl)c(Cl)c7[nH]c8c(c67)CN(C(=O)CO)CC8)n5)cc4)n(C)nc3c2=O)CC1)c1ccccc1. The van der Waals surface area contributed by atoms with E-state index in [9.17, 15) is 34.2 Å². The number of likely N-dealkylation sites (tertiary alicyclic amines) is 1. The molecule has 0 aliphatic carbocycles. The third kappa shape index (κ3) is 12.9. The van der Waals surface area contributed by atoms with E-state index in [1.807, 2.05) is 73.8 Å². The van der Waals surface area contributed by atoms with Crippen molar-refractivity contribution in [2.45, 2.75) is 102 Å². The number of nitrogens with one attached hydrogen (secondary N) is 4. The Labute approximate surface area is 455 Å². The molecular weight excluding hydrogens is 1020 g/mol. The molecule has 1 atom stereocenters. The Bertz CT molecular complexity index is 3310. The molecule has 406 valence electrons. The predicted molar refractivity (Wildman–Crippen MR) is 295 cm³/mol. The van der Waals surface area contributed by atoms with E-state index in [0.29, 0.717) is 117 Å². The highest BCUT2D eigenvalue weighted by Crippen LogP contribution is 2.42. The molecule has 2 aliphatic heterocycles. The number of aromatic amines is 1. The van der Waals surface area contributed by atoms with Gasteiger partial charge in [-0.15, -0.1) is 0 Å². The lowest BCUT2D eigenvalue weighted by Gasteiger charge is -2.38. The Morgan fingerprint density at radius 1 is 0.870 bits per heavy atom. The summed E-state index contributed by atoms with van der Waals surface area (Å²) in [7, 11) is 1.77. The van der Waals surface area contributed by atoms with Crippen molar-refractivity contribution >= 4 is 68.8 Å². The fourth-order valence-corrected chi connectivity index (χ4v) is 10.9. The predicted octanol–water partition coefficient (Wildman–Crippen LogP) is 5.85. The van der Waals surface area contributed by atoms with Gasteiger partial charge in [0.25, 0.3) is 5.56 Å². The van der Waals surface area contributed by atoms with Gasteiger partial charge in [0.2, 0.25) is 23.6 Å². The minimum Gasteiger partial charge on any atom is -0.388 e. The number of rotatable bonds is 22. The first-order valence-electron chi connectivity index (χ1n) is 26.4. The molecule has 4 aromatic heterocycles. The van der Waals surface area contributed by atoms with Crippen LogP contribution < -0.4 is 21.5 Å². The van der Waals surface area contributed by atoms with Gasteiger partial charge in [-0.3, -0.25) is 37.9 Å². The van der Waals surface area contributed by atoms with Crippen LogP contribution in [0.25, 0.3) is 44.5 Å². The number of fused-ring (bicyclic) bond motifs is 4. The summed E-state index contributed by atoms with van der Waals surface area (Å²) in [6.45, 7) is 5.25. The van der Waals surface area contributed by atoms with Crippen LogP contribution in [0.5, 0.6) is 0 Å². The molecule has 2 aliphatic rings. The minimum atomic E-state index is -1.17. The molecule has 3 aromatic carbocycles. The summed E-state index contributed by atoms with van der Waals surface area (Å²) in [5.74, 6) is -0.317. The summed E-state index contributed by atoms with van der Waals surface area (Å²) >= 11 is 13.2. The standard InChI is InChI=1S/C56H66Cl2N12O7/c1-36(38-10-6-5-7-11-38)28-47(74)67-25-19-56(77,20-26-67)34-69-35-62-52-53(55(69)76)65-66(2)54(52)39-15-13-37(14-16-39)30-59-31-46(73)60-21-9-4-3-8-12-45(72)61-22-27-70-24-18-44(64-70)40-29-42(57)50(58)51-49(40)41-32-68(48(75)33-71)23-17-43(41)63-51/h5-7,10-11,13-16,18,24,29,35-36,59,63,71,77H,3-4,8-9,12,17,19-23,25-28,30-34H2,1-2H3,(H,60,73)(H,61,72)/t36-/m1/s1. The Kier molecular flexibility index (Phi) is 17.5. The molecule has 0 spiro atoms. The van der Waals surface area contributed by atoms with Crippen molar-refractivity contribution in [1.82, 2.24) is 59.8 Å². The average Bonchev–Trinajstić information content (AvgIpc) is 4.16. The maximum absolute atomic E-state index is 13.7. The molecule has 4 amide bonds. The fraction of sp³-hybridized carbons (Fsp3) is 0.429. The number of carbonyl (C=O) groups is 4. The van der Waals surface area contributed by atoms with Crippen LogP contribution in [0.3, 0.4) is 0 Å². The summed E-state index contributed by atoms with van der Waals surface area (Å²) in [6.07, 6.45) is 8.69. The van der Waals surface area contributed by atoms with Crippen LogP contribution in [-0.2, 0) is 58.8 Å². The van der Waals surface area contributed by atoms with Crippen molar-refractivity contribution in [2.24, 2.45) is 7.05 Å². The molecule has 21 heteroatoms. The Balaban J connectivity index is 0.647. The molecule has 7 aromatic rings. The lowest BCUT2D eigenvalue weighted by Crippen LogP contribution is -2.49. The molecule has 0 saturated carbocycles. The van der Waals surface area contributed by atoms with Crippen molar-refractivity contribution in [3.05, 3.63) is 122 Å². The third-order valence-corrected chi connectivity index (χ3v) is 15.7. The van der Waals surface area contributed by atoms with Crippen LogP contribution in [0.1, 0.15) is 86.6 Å². The Morgan fingerprint density at radius 3 is 2.39 bits per heavy atom. The molecule has 6 N–H and O–H groups in total. The van der Waals surface area contributed by atoms with E-state index >= 15 is 0 Å². The van der Waals surface area contributed by atoms with Crippen LogP contribution >= 0.6 is 23.2 Å². The number of nitrogens with zero attached hydrogens (tertiary/aromatic N) is 8. The van der Waals surface area contributed by atoms with Crippen LogP contribution in [0.15, 0.2) is 84.0 Å². The number of piperidine rings is 1. The molecule has 19 nitrogen and oxygen atoms in total. The van der Waals surface area contributed by atoms with E-state index in [1.165, 1.54) is 10.9 Å². The number of H-pyrrole nitrogens is 1. The van der Waals surface area contributed by atoms with Crippen LogP contribution in [-0.4, -0.2) is 129 Å². The Morgan fingerprint density at radius 2 is 1.62 bits per heavy atom. The van der Waals surface area contributed by atoms with Gasteiger partial charge >= 0.3 is 0 Å². The maximum atomic E-state index is 13.7. The van der Waals surface area contributed by atoms with E-state index in [2.05, 4.69) is 31.0 Å². The van der Waals surface area contributed by atoms with E-state index in [0.717, 1.165) is 64.6 Å². The van der Waals surface area contributed by atoms with Crippen molar-refractivity contribution in [1.29, 1.82) is 0 Å². The van der Waals surface area contributed by atoms with Crippen LogP contribution in [0.2, 0.25) is 10.0 Å². The van der Waals surface area contributed by atoms with Gasteiger partial charge in [0.1, 0.15) is 12.1 Å². The third-order valence-electron chi connectivity index (χ3n) is 14.9. The number of amides is 4. The monoisotopic (exact) mass is 1090 g/mol. The second-order valence-corrected chi connectivity index (χ2v) is 21.2. The first kappa shape index (κ1) is 54.9. The van der Waals surface area contributed by atoms with Gasteiger partial charge in [0, 0.05) is 106 Å². The second kappa shape index (κ2) is 24.6. The van der Waals surface area contributed by atoms with Gasteiger partial charge in [-0.05, 0) is 54.9 Å². The van der Waals surface area contributed by atoms with Gasteiger partial charge in [-0.1, -0.05) is 97.6 Å². The molecule has 0 unspecified atom stereocenters. The Hall–Kier alpha value is -6.90. The summed E-state index contributed by atoms with van der Waals surface area (Å²) < 4.78 is 4.82. The number of halogens is 2. The zero-order valence-corrected chi connectivity index (χ0v) is 45.0. The number of benzene rings is 3. The number of aromatic nitrogens is 7. The molecule has 1 saturated heterocycles. The quantitative estimate of drug-likeness (QED) is 0.0441. The first-order valence-corrected chi connectivity index (χ1v) is 27.2. The fourth-order valence-electron chi connectivity index (χ4n) is 10.5. The highest BCUT2D eigenvalue weighted by molar-refractivity contribution is 6.45. The molecule has 0 radical (unpaired) electrons. The summed E-state index contributed by atoms with van der Waals surface area (Å²) in [4.78, 5) is 75.8. The smallest absolute Gasteiger partial charge is 0.281 e. The summed E-state index contributed by atoms with van der Waals surface area (Å²) in [5.41, 5.74) is 6.82. The zero-order chi connectivity index (χ0) is 54.2. The zero-order valence-electron chi connectivity index (χ0n) is 43.5. The van der Waals surface area contributed by atoms with E-state index in [4.69, 9.17) is 28.3 Å². The van der Waals surface area contributed by atoms with E-state index < -0.39 is 12.2 Å². The molecule has 77 heavy (non-hydrogen) atoms. The number of carbonyl (C=O) groups excluding carboxylic acids is 4. The van der Waals surface area contributed by atoms with Gasteiger partial charge in [-0.2, -0.15) is 10.2 Å². The van der Waals surface area contributed by atoms with Crippen molar-refractivity contribution in [3.63, 3.8) is 0 Å². The van der Waals surface area contributed by atoms with Gasteiger partial charge < -0.3 is 40.9 Å². The minimum absolute atomic E-state index is 0.0336. The maximum Gasteiger partial charge on any atom is 0.281 e. The molecule has 6 heterocycles. The molecule has 0 bridgehead atoms. The summed E-state index contributed by atoms with van der Waals surface area (Å²) in [5, 5.41) is 41.0. The normalized spacial score (nSPS) is 14.7. The van der Waals surface area contributed by atoms with Crippen LogP contribution in [0, 0.1) is 0 Å². The lowest BCUT2D eigenvalue weighted by molar-refractivity contribution is -0.136. The number of unbranched alkanes of at least 4 members (excludes halogenated alkanes) is 3. The topological polar surface area (TPSA) is 238 Å². The van der Waals surface area contributed by atoms with Crippen molar-refractivity contribution in [3.8, 4) is 22.5 Å². The highest BCUT2D eigenvalue weighted by Gasteiger charge is 2.35. The molecule has 1 fully saturated rings.